The monoisotopic (exact) mass is 367 g/mol. The van der Waals surface area contributed by atoms with Gasteiger partial charge in [-0.3, -0.25) is 0 Å². The van der Waals surface area contributed by atoms with Crippen molar-refractivity contribution >= 4 is 19.9 Å². The van der Waals surface area contributed by atoms with Gasteiger partial charge in [-0.15, -0.1) is 0 Å². The molecule has 0 aliphatic heterocycles. The number of sulfonamides is 1. The molecule has 2 aromatic rings. The van der Waals surface area contributed by atoms with Gasteiger partial charge in [0.05, 0.1) is 9.79 Å². The van der Waals surface area contributed by atoms with E-state index in [-0.39, 0.29) is 9.79 Å². The summed E-state index contributed by atoms with van der Waals surface area (Å²) in [4.78, 5) is 0.126. The minimum Gasteiger partial charge on any atom is -0.224 e. The van der Waals surface area contributed by atoms with Crippen LogP contribution in [0.25, 0.3) is 0 Å². The van der Waals surface area contributed by atoms with Crippen molar-refractivity contribution in [3.05, 3.63) is 60.2 Å². The van der Waals surface area contributed by atoms with Crippen LogP contribution in [-0.4, -0.2) is 28.6 Å². The lowest BCUT2D eigenvalue weighted by Crippen LogP contribution is -2.44. The lowest BCUT2D eigenvalue weighted by molar-refractivity contribution is 0.450. The average Bonchev–Trinajstić information content (AvgIpc) is 2.46. The van der Waals surface area contributed by atoms with Gasteiger partial charge in [-0.2, -0.15) is 0 Å². The first-order valence-corrected chi connectivity index (χ1v) is 10.8. The Bertz CT molecular complexity index is 901. The van der Waals surface area contributed by atoms with Gasteiger partial charge in [-0.25, -0.2) is 21.6 Å². The van der Waals surface area contributed by atoms with E-state index in [9.17, 15) is 16.8 Å². The smallest absolute Gasteiger partial charge is 0.224 e. The van der Waals surface area contributed by atoms with Crippen molar-refractivity contribution in [2.75, 3.05) is 6.26 Å². The van der Waals surface area contributed by atoms with E-state index in [2.05, 4.69) is 4.72 Å². The van der Waals surface area contributed by atoms with Gasteiger partial charge in [0.1, 0.15) is 0 Å². The van der Waals surface area contributed by atoms with Crippen LogP contribution in [0, 0.1) is 0 Å². The summed E-state index contributed by atoms with van der Waals surface area (Å²) in [6.07, 6.45) is 1.62. The van der Waals surface area contributed by atoms with Crippen LogP contribution >= 0.6 is 0 Å². The lowest BCUT2D eigenvalue weighted by Gasteiger charge is -2.26. The molecule has 7 heteroatoms. The second-order valence-electron chi connectivity index (χ2n) is 6.40. The Morgan fingerprint density at radius 1 is 0.833 bits per heavy atom. The van der Waals surface area contributed by atoms with Gasteiger partial charge < -0.3 is 0 Å². The third-order valence-electron chi connectivity index (χ3n) is 3.46. The standard InChI is InChI=1S/C17H21NO4S2/c1-17(2,13-14-7-5-4-6-8-14)18-24(21,22)16-11-9-15(10-12-16)23(3,19)20/h4-12,18H,13H2,1-3H3. The van der Waals surface area contributed by atoms with Gasteiger partial charge in [0, 0.05) is 11.8 Å². The molecule has 0 saturated carbocycles. The quantitative estimate of drug-likeness (QED) is 0.850. The molecule has 130 valence electrons. The molecule has 0 aliphatic carbocycles. The van der Waals surface area contributed by atoms with Crippen molar-refractivity contribution in [2.45, 2.75) is 35.6 Å². The molecule has 0 saturated heterocycles. The number of hydrogen-bond donors (Lipinski definition) is 1. The number of rotatable bonds is 6. The zero-order chi connectivity index (χ0) is 18.0. The fourth-order valence-corrected chi connectivity index (χ4v) is 4.47. The zero-order valence-corrected chi connectivity index (χ0v) is 15.5. The topological polar surface area (TPSA) is 80.3 Å². The Morgan fingerprint density at radius 2 is 1.33 bits per heavy atom. The average molecular weight is 367 g/mol. The van der Waals surface area contributed by atoms with Gasteiger partial charge >= 0.3 is 0 Å². The van der Waals surface area contributed by atoms with Crippen molar-refractivity contribution in [1.82, 2.24) is 4.72 Å². The Hall–Kier alpha value is -1.70. The highest BCUT2D eigenvalue weighted by Gasteiger charge is 2.26. The number of sulfone groups is 1. The van der Waals surface area contributed by atoms with Gasteiger partial charge in [-0.05, 0) is 50.1 Å². The lowest BCUT2D eigenvalue weighted by atomic mass is 9.96. The van der Waals surface area contributed by atoms with Crippen molar-refractivity contribution < 1.29 is 16.8 Å². The molecular formula is C17H21NO4S2. The second kappa shape index (κ2) is 6.66. The van der Waals surface area contributed by atoms with E-state index in [1.807, 2.05) is 44.2 Å². The Kier molecular flexibility index (Phi) is 5.17. The van der Waals surface area contributed by atoms with Crippen LogP contribution in [0.5, 0.6) is 0 Å². The number of hydrogen-bond acceptors (Lipinski definition) is 4. The number of nitrogens with one attached hydrogen (secondary N) is 1. The molecule has 1 N–H and O–H groups in total. The summed E-state index contributed by atoms with van der Waals surface area (Å²) in [6.45, 7) is 3.62. The maximum atomic E-state index is 12.5. The van der Waals surface area contributed by atoms with Crippen LogP contribution < -0.4 is 4.72 Å². The van der Waals surface area contributed by atoms with Crippen molar-refractivity contribution in [2.24, 2.45) is 0 Å². The molecule has 0 aromatic heterocycles. The maximum Gasteiger partial charge on any atom is 0.241 e. The maximum absolute atomic E-state index is 12.5. The summed E-state index contributed by atoms with van der Waals surface area (Å²) in [5, 5.41) is 0. The van der Waals surface area contributed by atoms with Gasteiger partial charge in [0.15, 0.2) is 9.84 Å². The molecule has 0 atom stereocenters. The third kappa shape index (κ3) is 4.90. The predicted molar refractivity (Wildman–Crippen MR) is 94.1 cm³/mol. The second-order valence-corrected chi connectivity index (χ2v) is 10.1. The van der Waals surface area contributed by atoms with E-state index in [0.29, 0.717) is 6.42 Å². The first-order valence-electron chi connectivity index (χ1n) is 7.38. The van der Waals surface area contributed by atoms with Crippen LogP contribution in [0.2, 0.25) is 0 Å². The van der Waals surface area contributed by atoms with E-state index in [1.165, 1.54) is 24.3 Å². The molecule has 0 spiro atoms. The van der Waals surface area contributed by atoms with E-state index in [4.69, 9.17) is 0 Å². The van der Waals surface area contributed by atoms with Crippen LogP contribution in [0.1, 0.15) is 19.4 Å². The highest BCUT2D eigenvalue weighted by atomic mass is 32.2. The SMILES string of the molecule is CC(C)(Cc1ccccc1)NS(=O)(=O)c1ccc(S(C)(=O)=O)cc1. The van der Waals surface area contributed by atoms with Crippen LogP contribution in [0.4, 0.5) is 0 Å². The molecule has 0 fully saturated rings. The molecule has 2 aromatic carbocycles. The fourth-order valence-electron chi connectivity index (χ4n) is 2.43. The van der Waals surface area contributed by atoms with E-state index >= 15 is 0 Å². The molecule has 0 radical (unpaired) electrons. The van der Waals surface area contributed by atoms with Gasteiger partial charge in [-0.1, -0.05) is 30.3 Å². The Labute approximate surface area is 143 Å². The summed E-state index contributed by atoms with van der Waals surface area (Å²) >= 11 is 0. The van der Waals surface area contributed by atoms with Crippen molar-refractivity contribution in [1.29, 1.82) is 0 Å². The molecule has 5 nitrogen and oxygen atoms in total. The molecule has 0 heterocycles. The van der Waals surface area contributed by atoms with Crippen LogP contribution in [-0.2, 0) is 26.3 Å². The molecule has 24 heavy (non-hydrogen) atoms. The fraction of sp³-hybridized carbons (Fsp3) is 0.294. The van der Waals surface area contributed by atoms with E-state index < -0.39 is 25.4 Å². The highest BCUT2D eigenvalue weighted by Crippen LogP contribution is 2.19. The third-order valence-corrected chi connectivity index (χ3v) is 6.30. The summed E-state index contributed by atoms with van der Waals surface area (Å²) < 4.78 is 50.7. The normalized spacial score (nSPS) is 13.0. The summed E-state index contributed by atoms with van der Waals surface area (Å²) in [5.74, 6) is 0. The summed E-state index contributed by atoms with van der Waals surface area (Å²) in [5.41, 5.74) is 0.341. The van der Waals surface area contributed by atoms with Crippen molar-refractivity contribution in [3.63, 3.8) is 0 Å². The van der Waals surface area contributed by atoms with Gasteiger partial charge in [0.25, 0.3) is 0 Å². The predicted octanol–water partition coefficient (Wildman–Crippen LogP) is 2.39. The summed E-state index contributed by atoms with van der Waals surface area (Å²) in [7, 11) is -7.10. The van der Waals surface area contributed by atoms with E-state index in [0.717, 1.165) is 11.8 Å². The van der Waals surface area contributed by atoms with E-state index in [1.54, 1.807) is 0 Å². The van der Waals surface area contributed by atoms with Crippen molar-refractivity contribution in [3.8, 4) is 0 Å². The summed E-state index contributed by atoms with van der Waals surface area (Å²) in [6, 6.07) is 14.8. The molecule has 0 amide bonds. The van der Waals surface area contributed by atoms with Gasteiger partial charge in [0.2, 0.25) is 10.0 Å². The zero-order valence-electron chi connectivity index (χ0n) is 13.9. The first kappa shape index (κ1) is 18.6. The Morgan fingerprint density at radius 3 is 1.83 bits per heavy atom. The molecule has 0 aliphatic rings. The van der Waals surface area contributed by atoms with Crippen LogP contribution in [0.15, 0.2) is 64.4 Å². The molecule has 2 rings (SSSR count). The molecular weight excluding hydrogens is 346 g/mol. The highest BCUT2D eigenvalue weighted by molar-refractivity contribution is 7.90. The molecule has 0 unspecified atom stereocenters. The van der Waals surface area contributed by atoms with Crippen LogP contribution in [0.3, 0.4) is 0 Å². The minimum atomic E-state index is -3.75. The minimum absolute atomic E-state index is 0.0380. The first-order chi connectivity index (χ1) is 11.0. The largest absolute Gasteiger partial charge is 0.241 e. The molecule has 0 bridgehead atoms. The number of benzene rings is 2. The Balaban J connectivity index is 2.21.